The van der Waals surface area contributed by atoms with E-state index in [0.29, 0.717) is 5.92 Å². The Morgan fingerprint density at radius 1 is 1.53 bits per heavy atom. The molecule has 1 fully saturated rings. The second-order valence-electron chi connectivity index (χ2n) is 5.01. The van der Waals surface area contributed by atoms with E-state index in [4.69, 9.17) is 5.73 Å². The first-order valence-electron chi connectivity index (χ1n) is 5.94. The predicted octanol–water partition coefficient (Wildman–Crippen LogP) is 2.13. The van der Waals surface area contributed by atoms with E-state index >= 15 is 0 Å². The molecule has 1 atom stereocenters. The van der Waals surface area contributed by atoms with Crippen LogP contribution in [-0.2, 0) is 6.54 Å². The van der Waals surface area contributed by atoms with Crippen LogP contribution in [0.4, 0.5) is 0 Å². The second kappa shape index (κ2) is 4.35. The van der Waals surface area contributed by atoms with Crippen molar-refractivity contribution in [1.29, 1.82) is 0 Å². The van der Waals surface area contributed by atoms with Crippen molar-refractivity contribution in [2.24, 2.45) is 11.7 Å². The number of rotatable bonds is 4. The third-order valence-electron chi connectivity index (χ3n) is 3.53. The van der Waals surface area contributed by atoms with Gasteiger partial charge >= 0.3 is 0 Å². The number of nitrogens with zero attached hydrogens (tertiary/aromatic N) is 2. The average Bonchev–Trinajstić information content (AvgIpc) is 2.50. The molecule has 3 heteroatoms. The first-order chi connectivity index (χ1) is 7.18. The van der Waals surface area contributed by atoms with Crippen LogP contribution in [0.25, 0.3) is 0 Å². The Morgan fingerprint density at radius 2 is 2.27 bits per heavy atom. The molecule has 0 aromatic carbocycles. The van der Waals surface area contributed by atoms with Crippen LogP contribution in [0.5, 0.6) is 0 Å². The van der Waals surface area contributed by atoms with E-state index in [2.05, 4.69) is 23.4 Å². The molecule has 15 heavy (non-hydrogen) atoms. The maximum atomic E-state index is 6.09. The Hall–Kier alpha value is -0.830. The first kappa shape index (κ1) is 10.7. The third kappa shape index (κ3) is 2.23. The summed E-state index contributed by atoms with van der Waals surface area (Å²) in [5.74, 6) is 1.27. The molecule has 2 N–H and O–H groups in total. The Labute approximate surface area is 91.7 Å². The highest BCUT2D eigenvalue weighted by atomic mass is 15.1. The normalized spacial score (nSPS) is 19.2. The Balaban J connectivity index is 2.04. The van der Waals surface area contributed by atoms with E-state index in [1.54, 1.807) is 0 Å². The highest BCUT2D eigenvalue weighted by Crippen LogP contribution is 2.36. The van der Waals surface area contributed by atoms with Gasteiger partial charge in [0.25, 0.3) is 0 Å². The maximum absolute atomic E-state index is 6.09. The zero-order chi connectivity index (χ0) is 10.8. The number of hydrogen-bond acceptors (Lipinski definition) is 2. The lowest BCUT2D eigenvalue weighted by Gasteiger charge is -2.27. The molecular formula is C12H21N3. The van der Waals surface area contributed by atoms with Gasteiger partial charge in [0.05, 0.1) is 6.33 Å². The molecule has 1 heterocycles. The van der Waals surface area contributed by atoms with Crippen LogP contribution in [0.2, 0.25) is 0 Å². The Morgan fingerprint density at radius 3 is 2.80 bits per heavy atom. The van der Waals surface area contributed by atoms with Crippen molar-refractivity contribution >= 4 is 0 Å². The van der Waals surface area contributed by atoms with Crippen LogP contribution < -0.4 is 5.73 Å². The molecule has 2 rings (SSSR count). The molecule has 0 radical (unpaired) electrons. The van der Waals surface area contributed by atoms with Crippen molar-refractivity contribution in [3.8, 4) is 0 Å². The standard InChI is InChI=1S/C12H21N3/c1-9(2)11(13)7-15-8-14-6-12(15)10-4-3-5-10/h6,8-11H,3-5,7,13H2,1-2H3. The molecule has 0 spiro atoms. The molecule has 3 nitrogen and oxygen atoms in total. The molecule has 0 saturated heterocycles. The van der Waals surface area contributed by atoms with E-state index in [-0.39, 0.29) is 6.04 Å². The summed E-state index contributed by atoms with van der Waals surface area (Å²) in [6, 6.07) is 0.234. The van der Waals surface area contributed by atoms with E-state index < -0.39 is 0 Å². The van der Waals surface area contributed by atoms with Gasteiger partial charge in [0.1, 0.15) is 0 Å². The highest BCUT2D eigenvalue weighted by Gasteiger charge is 2.23. The number of aromatic nitrogens is 2. The number of imidazole rings is 1. The van der Waals surface area contributed by atoms with Crippen LogP contribution in [0.3, 0.4) is 0 Å². The smallest absolute Gasteiger partial charge is 0.0948 e. The fraction of sp³-hybridized carbons (Fsp3) is 0.750. The van der Waals surface area contributed by atoms with Crippen LogP contribution in [-0.4, -0.2) is 15.6 Å². The molecule has 1 aliphatic carbocycles. The minimum atomic E-state index is 0.234. The number of nitrogens with two attached hydrogens (primary N) is 1. The minimum absolute atomic E-state index is 0.234. The van der Waals surface area contributed by atoms with Crippen LogP contribution in [0, 0.1) is 5.92 Å². The van der Waals surface area contributed by atoms with Gasteiger partial charge in [-0.15, -0.1) is 0 Å². The highest BCUT2D eigenvalue weighted by molar-refractivity contribution is 5.09. The van der Waals surface area contributed by atoms with E-state index in [1.807, 2.05) is 12.5 Å². The Kier molecular flexibility index (Phi) is 3.10. The quantitative estimate of drug-likeness (QED) is 0.822. The average molecular weight is 207 g/mol. The maximum Gasteiger partial charge on any atom is 0.0948 e. The minimum Gasteiger partial charge on any atom is -0.333 e. The van der Waals surface area contributed by atoms with Crippen molar-refractivity contribution in [3.05, 3.63) is 18.2 Å². The van der Waals surface area contributed by atoms with Crippen molar-refractivity contribution in [1.82, 2.24) is 9.55 Å². The van der Waals surface area contributed by atoms with E-state index in [1.165, 1.54) is 25.0 Å². The summed E-state index contributed by atoms with van der Waals surface area (Å²) >= 11 is 0. The van der Waals surface area contributed by atoms with Crippen LogP contribution in [0.15, 0.2) is 12.5 Å². The summed E-state index contributed by atoms with van der Waals surface area (Å²) in [5, 5.41) is 0. The molecule has 0 amide bonds. The summed E-state index contributed by atoms with van der Waals surface area (Å²) in [6.45, 7) is 5.25. The van der Waals surface area contributed by atoms with Crippen molar-refractivity contribution in [2.45, 2.75) is 51.6 Å². The molecule has 84 valence electrons. The summed E-state index contributed by atoms with van der Waals surface area (Å²) in [6.07, 6.45) is 7.95. The Bertz CT molecular complexity index is 312. The van der Waals surface area contributed by atoms with Gasteiger partial charge in [-0.2, -0.15) is 0 Å². The second-order valence-corrected chi connectivity index (χ2v) is 5.01. The SMILES string of the molecule is CC(C)C(N)Cn1cncc1C1CCC1. The largest absolute Gasteiger partial charge is 0.333 e. The molecular weight excluding hydrogens is 186 g/mol. The first-order valence-corrected chi connectivity index (χ1v) is 5.94. The lowest BCUT2D eigenvalue weighted by atomic mass is 9.83. The van der Waals surface area contributed by atoms with Gasteiger partial charge < -0.3 is 10.3 Å². The summed E-state index contributed by atoms with van der Waals surface area (Å²) in [5.41, 5.74) is 7.47. The summed E-state index contributed by atoms with van der Waals surface area (Å²) in [7, 11) is 0. The zero-order valence-electron chi connectivity index (χ0n) is 9.69. The summed E-state index contributed by atoms with van der Waals surface area (Å²) < 4.78 is 2.24. The van der Waals surface area contributed by atoms with Gasteiger partial charge in [-0.1, -0.05) is 20.3 Å². The predicted molar refractivity (Wildman–Crippen MR) is 61.6 cm³/mol. The zero-order valence-corrected chi connectivity index (χ0v) is 9.69. The van der Waals surface area contributed by atoms with Gasteiger partial charge in [-0.05, 0) is 18.8 Å². The van der Waals surface area contributed by atoms with Crippen LogP contribution in [0.1, 0.15) is 44.7 Å². The van der Waals surface area contributed by atoms with Gasteiger partial charge in [0, 0.05) is 30.4 Å². The topological polar surface area (TPSA) is 43.8 Å². The van der Waals surface area contributed by atoms with Crippen molar-refractivity contribution in [2.75, 3.05) is 0 Å². The van der Waals surface area contributed by atoms with Crippen LogP contribution >= 0.6 is 0 Å². The lowest BCUT2D eigenvalue weighted by molar-refractivity contribution is 0.374. The van der Waals surface area contributed by atoms with Crippen molar-refractivity contribution < 1.29 is 0 Å². The molecule has 0 aliphatic heterocycles. The van der Waals surface area contributed by atoms with E-state index in [0.717, 1.165) is 12.5 Å². The van der Waals surface area contributed by atoms with Gasteiger partial charge in [0.15, 0.2) is 0 Å². The number of hydrogen-bond donors (Lipinski definition) is 1. The van der Waals surface area contributed by atoms with E-state index in [9.17, 15) is 0 Å². The summed E-state index contributed by atoms with van der Waals surface area (Å²) in [4.78, 5) is 4.24. The molecule has 1 saturated carbocycles. The van der Waals surface area contributed by atoms with Gasteiger partial charge in [-0.25, -0.2) is 4.98 Å². The fourth-order valence-corrected chi connectivity index (χ4v) is 1.97. The third-order valence-corrected chi connectivity index (χ3v) is 3.53. The van der Waals surface area contributed by atoms with Gasteiger partial charge in [0.2, 0.25) is 0 Å². The molecule has 1 aliphatic rings. The molecule has 1 aromatic heterocycles. The molecule has 0 bridgehead atoms. The molecule has 1 unspecified atom stereocenters. The lowest BCUT2D eigenvalue weighted by Crippen LogP contribution is -2.32. The fourth-order valence-electron chi connectivity index (χ4n) is 1.97. The monoisotopic (exact) mass is 207 g/mol. The molecule has 1 aromatic rings. The van der Waals surface area contributed by atoms with Crippen molar-refractivity contribution in [3.63, 3.8) is 0 Å². The van der Waals surface area contributed by atoms with Gasteiger partial charge in [-0.3, -0.25) is 0 Å².